The topological polar surface area (TPSA) is 84.2 Å². The average Bonchev–Trinajstić information content (AvgIpc) is 2.14. The summed E-state index contributed by atoms with van der Waals surface area (Å²) in [5, 5.41) is 5.34. The van der Waals surface area contributed by atoms with E-state index in [1.165, 1.54) is 0 Å². The third-order valence-electron chi connectivity index (χ3n) is 1.77. The fourth-order valence-corrected chi connectivity index (χ4v) is 0.867. The first-order valence-electron chi connectivity index (χ1n) is 5.23. The number of amides is 2. The zero-order valence-electron chi connectivity index (χ0n) is 9.67. The van der Waals surface area contributed by atoms with Gasteiger partial charge >= 0.3 is 0 Å². The Bertz CT molecular complexity index is 215. The van der Waals surface area contributed by atoms with E-state index in [-0.39, 0.29) is 11.8 Å². The van der Waals surface area contributed by atoms with E-state index >= 15 is 0 Å². The highest BCUT2D eigenvalue weighted by atomic mass is 16.2. The Labute approximate surface area is 90.8 Å². The summed E-state index contributed by atoms with van der Waals surface area (Å²) in [4.78, 5) is 22.2. The van der Waals surface area contributed by atoms with E-state index in [1.54, 1.807) is 6.92 Å². The van der Waals surface area contributed by atoms with Gasteiger partial charge in [0.25, 0.3) is 0 Å². The van der Waals surface area contributed by atoms with Gasteiger partial charge in [0.15, 0.2) is 0 Å². The minimum atomic E-state index is -0.524. The Morgan fingerprint density at radius 2 is 1.80 bits per heavy atom. The van der Waals surface area contributed by atoms with Gasteiger partial charge in [-0.25, -0.2) is 0 Å². The van der Waals surface area contributed by atoms with Crippen LogP contribution in [0.15, 0.2) is 0 Å². The molecular formula is C10H21N3O2. The summed E-state index contributed by atoms with van der Waals surface area (Å²) < 4.78 is 0. The van der Waals surface area contributed by atoms with Crippen LogP contribution in [0, 0.1) is 5.92 Å². The fourth-order valence-electron chi connectivity index (χ4n) is 0.867. The maximum Gasteiger partial charge on any atom is 0.236 e. The molecule has 88 valence electrons. The molecule has 5 heteroatoms. The first kappa shape index (κ1) is 13.9. The van der Waals surface area contributed by atoms with Crippen LogP contribution in [0.5, 0.6) is 0 Å². The smallest absolute Gasteiger partial charge is 0.236 e. The summed E-state index contributed by atoms with van der Waals surface area (Å²) in [6, 6.07) is -0.524. The minimum Gasteiger partial charge on any atom is -0.356 e. The molecule has 5 nitrogen and oxygen atoms in total. The molecule has 0 heterocycles. The molecule has 0 aromatic rings. The van der Waals surface area contributed by atoms with Crippen molar-refractivity contribution in [3.05, 3.63) is 0 Å². The van der Waals surface area contributed by atoms with Crippen LogP contribution >= 0.6 is 0 Å². The summed E-state index contributed by atoms with van der Waals surface area (Å²) in [6.07, 6.45) is 0.297. The molecule has 0 fully saturated rings. The Hall–Kier alpha value is -1.10. The van der Waals surface area contributed by atoms with Gasteiger partial charge in [-0.2, -0.15) is 0 Å². The molecule has 0 saturated carbocycles. The number of rotatable bonds is 6. The van der Waals surface area contributed by atoms with Crippen LogP contribution in [-0.4, -0.2) is 30.9 Å². The van der Waals surface area contributed by atoms with Crippen molar-refractivity contribution in [2.45, 2.75) is 33.2 Å². The number of nitrogens with one attached hydrogen (secondary N) is 2. The zero-order valence-corrected chi connectivity index (χ0v) is 9.67. The van der Waals surface area contributed by atoms with Gasteiger partial charge in [-0.15, -0.1) is 0 Å². The maximum atomic E-state index is 11.2. The van der Waals surface area contributed by atoms with Crippen molar-refractivity contribution in [1.82, 2.24) is 10.6 Å². The second-order valence-electron chi connectivity index (χ2n) is 4.03. The third kappa shape index (κ3) is 7.93. The number of carbonyl (C=O) groups excluding carboxylic acids is 2. The molecule has 0 rings (SSSR count). The minimum absolute atomic E-state index is 0.0475. The number of nitrogens with two attached hydrogens (primary N) is 1. The molecule has 1 unspecified atom stereocenters. The molecule has 0 aromatic heterocycles. The number of hydrogen-bond donors (Lipinski definition) is 3. The number of hydrogen-bond acceptors (Lipinski definition) is 3. The van der Waals surface area contributed by atoms with Crippen molar-refractivity contribution in [3.63, 3.8) is 0 Å². The standard InChI is InChI=1S/C10H21N3O2/c1-7(2)6-13-9(14)4-5-12-10(15)8(3)11/h7-8H,4-6,11H2,1-3H3,(H,12,15)(H,13,14). The van der Waals surface area contributed by atoms with Gasteiger partial charge < -0.3 is 16.4 Å². The van der Waals surface area contributed by atoms with Gasteiger partial charge in [0.05, 0.1) is 6.04 Å². The van der Waals surface area contributed by atoms with Crippen molar-refractivity contribution in [1.29, 1.82) is 0 Å². The van der Waals surface area contributed by atoms with E-state index in [1.807, 2.05) is 13.8 Å². The van der Waals surface area contributed by atoms with Gasteiger partial charge in [-0.1, -0.05) is 13.8 Å². The van der Waals surface area contributed by atoms with Gasteiger partial charge in [-0.3, -0.25) is 9.59 Å². The predicted molar refractivity (Wildman–Crippen MR) is 59.1 cm³/mol. The van der Waals surface area contributed by atoms with E-state index in [0.717, 1.165) is 0 Å². The molecule has 0 radical (unpaired) electrons. The summed E-state index contributed by atoms with van der Waals surface area (Å²) in [6.45, 7) is 6.66. The van der Waals surface area contributed by atoms with Crippen LogP contribution in [-0.2, 0) is 9.59 Å². The van der Waals surface area contributed by atoms with Crippen LogP contribution in [0.25, 0.3) is 0 Å². The van der Waals surface area contributed by atoms with Crippen LogP contribution < -0.4 is 16.4 Å². The van der Waals surface area contributed by atoms with Crippen molar-refractivity contribution < 1.29 is 9.59 Å². The molecule has 1 atom stereocenters. The molecule has 0 bridgehead atoms. The van der Waals surface area contributed by atoms with Crippen molar-refractivity contribution >= 4 is 11.8 Å². The first-order valence-corrected chi connectivity index (χ1v) is 5.23. The second-order valence-corrected chi connectivity index (χ2v) is 4.03. The van der Waals surface area contributed by atoms with Gasteiger partial charge in [0, 0.05) is 19.5 Å². The first-order chi connectivity index (χ1) is 6.93. The maximum absolute atomic E-state index is 11.2. The lowest BCUT2D eigenvalue weighted by molar-refractivity contribution is -0.122. The molecular weight excluding hydrogens is 194 g/mol. The van der Waals surface area contributed by atoms with Crippen molar-refractivity contribution in [3.8, 4) is 0 Å². The van der Waals surface area contributed by atoms with Crippen LogP contribution in [0.1, 0.15) is 27.2 Å². The second kappa shape index (κ2) is 7.23. The van der Waals surface area contributed by atoms with Crippen LogP contribution in [0.2, 0.25) is 0 Å². The molecule has 0 aliphatic carbocycles. The van der Waals surface area contributed by atoms with Crippen LogP contribution in [0.3, 0.4) is 0 Å². The normalized spacial score (nSPS) is 12.3. The summed E-state index contributed by atoms with van der Waals surface area (Å²) in [5.41, 5.74) is 5.34. The van der Waals surface area contributed by atoms with Gasteiger partial charge in [0.2, 0.25) is 11.8 Å². The molecule has 15 heavy (non-hydrogen) atoms. The molecule has 0 aliphatic rings. The molecule has 4 N–H and O–H groups in total. The van der Waals surface area contributed by atoms with Crippen LogP contribution in [0.4, 0.5) is 0 Å². The highest BCUT2D eigenvalue weighted by Crippen LogP contribution is 1.88. The van der Waals surface area contributed by atoms with Gasteiger partial charge in [0.1, 0.15) is 0 Å². The molecule has 0 spiro atoms. The highest BCUT2D eigenvalue weighted by molar-refractivity contribution is 5.82. The summed E-state index contributed by atoms with van der Waals surface area (Å²) in [7, 11) is 0. The van der Waals surface area contributed by atoms with Crippen molar-refractivity contribution in [2.75, 3.05) is 13.1 Å². The third-order valence-corrected chi connectivity index (χ3v) is 1.77. The lowest BCUT2D eigenvalue weighted by atomic mass is 10.2. The fraction of sp³-hybridized carbons (Fsp3) is 0.800. The van der Waals surface area contributed by atoms with Gasteiger partial charge in [-0.05, 0) is 12.8 Å². The largest absolute Gasteiger partial charge is 0.356 e. The average molecular weight is 215 g/mol. The SMILES string of the molecule is CC(C)CNC(=O)CCNC(=O)C(C)N. The van der Waals surface area contributed by atoms with Crippen molar-refractivity contribution in [2.24, 2.45) is 11.7 Å². The zero-order chi connectivity index (χ0) is 11.8. The monoisotopic (exact) mass is 215 g/mol. The lowest BCUT2D eigenvalue weighted by Crippen LogP contribution is -2.40. The summed E-state index contributed by atoms with van der Waals surface area (Å²) >= 11 is 0. The predicted octanol–water partition coefficient (Wildman–Crippen LogP) is -0.388. The highest BCUT2D eigenvalue weighted by Gasteiger charge is 2.07. The van der Waals surface area contributed by atoms with E-state index in [2.05, 4.69) is 10.6 Å². The molecule has 0 saturated heterocycles. The Balaban J connectivity index is 3.51. The summed E-state index contributed by atoms with van der Waals surface area (Å²) in [5.74, 6) is 0.160. The van der Waals surface area contributed by atoms with E-state index in [9.17, 15) is 9.59 Å². The lowest BCUT2D eigenvalue weighted by Gasteiger charge is -2.09. The number of carbonyl (C=O) groups is 2. The quantitative estimate of drug-likeness (QED) is 0.564. The Morgan fingerprint density at radius 1 is 1.20 bits per heavy atom. The van der Waals surface area contributed by atoms with E-state index in [4.69, 9.17) is 5.73 Å². The van der Waals surface area contributed by atoms with E-state index in [0.29, 0.717) is 25.4 Å². The Kier molecular flexibility index (Phi) is 6.70. The molecule has 0 aliphatic heterocycles. The van der Waals surface area contributed by atoms with E-state index < -0.39 is 6.04 Å². The molecule has 2 amide bonds. The Morgan fingerprint density at radius 3 is 2.27 bits per heavy atom. The molecule has 0 aromatic carbocycles.